The van der Waals surface area contributed by atoms with Crippen LogP contribution in [0.25, 0.3) is 11.0 Å². The van der Waals surface area contributed by atoms with Crippen molar-refractivity contribution in [1.82, 2.24) is 0 Å². The number of phenols is 1. The topological polar surface area (TPSA) is 70.7 Å². The van der Waals surface area contributed by atoms with Crippen LogP contribution in [0.15, 0.2) is 22.6 Å². The van der Waals surface area contributed by atoms with Gasteiger partial charge in [0.25, 0.3) is 0 Å². The van der Waals surface area contributed by atoms with Gasteiger partial charge in [-0.25, -0.2) is 4.79 Å². The van der Waals surface area contributed by atoms with Crippen LogP contribution in [-0.2, 0) is 0 Å². The van der Waals surface area contributed by atoms with E-state index in [9.17, 15) is 9.90 Å². The summed E-state index contributed by atoms with van der Waals surface area (Å²) in [5, 5.41) is 18.7. The van der Waals surface area contributed by atoms with Crippen molar-refractivity contribution in [1.29, 1.82) is 0 Å². The summed E-state index contributed by atoms with van der Waals surface area (Å²) in [5.41, 5.74) is 0.838. The van der Waals surface area contributed by atoms with Gasteiger partial charge in [0.15, 0.2) is 0 Å². The Balaban J connectivity index is 2.87. The molecule has 4 heteroatoms. The number of phenolic OH excluding ortho intramolecular Hbond substituents is 1. The molecule has 1 aromatic heterocycles. The van der Waals surface area contributed by atoms with Crippen LogP contribution in [0.1, 0.15) is 16.1 Å². The summed E-state index contributed by atoms with van der Waals surface area (Å²) in [6.45, 7) is 1.61. The molecule has 0 radical (unpaired) electrons. The van der Waals surface area contributed by atoms with Crippen molar-refractivity contribution in [3.63, 3.8) is 0 Å². The van der Waals surface area contributed by atoms with E-state index in [4.69, 9.17) is 9.52 Å². The largest absolute Gasteiger partial charge is 0.507 e. The van der Waals surface area contributed by atoms with Crippen LogP contribution in [-0.4, -0.2) is 16.2 Å². The van der Waals surface area contributed by atoms with Crippen molar-refractivity contribution in [3.8, 4) is 5.75 Å². The highest BCUT2D eigenvalue weighted by Gasteiger charge is 2.18. The number of carboxylic acids is 1. The predicted molar refractivity (Wildman–Crippen MR) is 49.6 cm³/mol. The number of furan rings is 1. The second-order valence-electron chi connectivity index (χ2n) is 3.01. The molecule has 0 aliphatic heterocycles. The molecular weight excluding hydrogens is 184 g/mol. The molecule has 2 N–H and O–H groups in total. The predicted octanol–water partition coefficient (Wildman–Crippen LogP) is 2.15. The number of aromatic carboxylic acids is 1. The van der Waals surface area contributed by atoms with Crippen LogP contribution in [0.3, 0.4) is 0 Å². The van der Waals surface area contributed by atoms with Gasteiger partial charge in [-0.3, -0.25) is 0 Å². The van der Waals surface area contributed by atoms with Crippen molar-refractivity contribution in [3.05, 3.63) is 29.5 Å². The summed E-state index contributed by atoms with van der Waals surface area (Å²) >= 11 is 0. The number of benzene rings is 1. The van der Waals surface area contributed by atoms with Crippen LogP contribution in [0.5, 0.6) is 5.75 Å². The fraction of sp³-hybridized carbons (Fsp3) is 0.100. The first-order chi connectivity index (χ1) is 6.61. The molecule has 0 saturated heterocycles. The Morgan fingerprint density at radius 2 is 2.14 bits per heavy atom. The maximum atomic E-state index is 10.7. The number of fused-ring (bicyclic) bond motifs is 1. The van der Waals surface area contributed by atoms with Crippen molar-refractivity contribution < 1.29 is 19.4 Å². The molecule has 0 amide bonds. The molecule has 4 nitrogen and oxygen atoms in total. The molecule has 0 saturated carbocycles. The van der Waals surface area contributed by atoms with Crippen molar-refractivity contribution >= 4 is 16.9 Å². The zero-order valence-electron chi connectivity index (χ0n) is 7.44. The molecule has 0 bridgehead atoms. The number of hydrogen-bond donors (Lipinski definition) is 2. The molecule has 2 aromatic rings. The summed E-state index contributed by atoms with van der Waals surface area (Å²) in [7, 11) is 0. The number of aryl methyl sites for hydroxylation is 1. The van der Waals surface area contributed by atoms with E-state index in [-0.39, 0.29) is 11.5 Å². The molecule has 14 heavy (non-hydrogen) atoms. The zero-order chi connectivity index (χ0) is 10.3. The van der Waals surface area contributed by atoms with Crippen LogP contribution in [0.2, 0.25) is 0 Å². The highest BCUT2D eigenvalue weighted by molar-refractivity contribution is 5.97. The van der Waals surface area contributed by atoms with Gasteiger partial charge in [-0.1, -0.05) is 6.07 Å². The molecule has 72 valence electrons. The fourth-order valence-corrected chi connectivity index (χ4v) is 1.49. The SMILES string of the molecule is Cc1c(C(=O)O)oc2cccc(O)c12. The van der Waals surface area contributed by atoms with Gasteiger partial charge in [0.1, 0.15) is 11.3 Å². The number of aromatic hydroxyl groups is 1. The van der Waals surface area contributed by atoms with Gasteiger partial charge in [0.2, 0.25) is 5.76 Å². The molecule has 1 heterocycles. The van der Waals surface area contributed by atoms with E-state index in [1.165, 1.54) is 6.07 Å². The maximum Gasteiger partial charge on any atom is 0.372 e. The minimum atomic E-state index is -1.13. The van der Waals surface area contributed by atoms with Gasteiger partial charge in [0.05, 0.1) is 5.39 Å². The number of hydrogen-bond acceptors (Lipinski definition) is 3. The highest BCUT2D eigenvalue weighted by Crippen LogP contribution is 2.31. The third-order valence-electron chi connectivity index (χ3n) is 2.13. The maximum absolute atomic E-state index is 10.7. The summed E-state index contributed by atoms with van der Waals surface area (Å²) in [6.07, 6.45) is 0. The molecule has 0 unspecified atom stereocenters. The molecule has 0 spiro atoms. The number of rotatable bonds is 1. The van der Waals surface area contributed by atoms with Crippen molar-refractivity contribution in [2.45, 2.75) is 6.92 Å². The molecule has 0 aliphatic carbocycles. The Labute approximate surface area is 79.4 Å². The molecule has 0 atom stereocenters. The lowest BCUT2D eigenvalue weighted by Crippen LogP contribution is -1.95. The number of carbonyl (C=O) groups is 1. The van der Waals surface area contributed by atoms with Crippen LogP contribution >= 0.6 is 0 Å². The van der Waals surface area contributed by atoms with Crippen LogP contribution < -0.4 is 0 Å². The Bertz CT molecular complexity index is 510. The average molecular weight is 192 g/mol. The summed E-state index contributed by atoms with van der Waals surface area (Å²) < 4.78 is 5.08. The zero-order valence-corrected chi connectivity index (χ0v) is 7.44. The average Bonchev–Trinajstić information content (AvgIpc) is 2.45. The summed E-state index contributed by atoms with van der Waals surface area (Å²) in [5.74, 6) is -1.21. The Kier molecular flexibility index (Phi) is 1.70. The van der Waals surface area contributed by atoms with E-state index in [0.29, 0.717) is 16.5 Å². The second-order valence-corrected chi connectivity index (χ2v) is 3.01. The fourth-order valence-electron chi connectivity index (χ4n) is 1.49. The quantitative estimate of drug-likeness (QED) is 0.726. The summed E-state index contributed by atoms with van der Waals surface area (Å²) in [6, 6.07) is 4.72. The summed E-state index contributed by atoms with van der Waals surface area (Å²) in [4.78, 5) is 10.7. The van der Waals surface area contributed by atoms with Crippen LogP contribution in [0, 0.1) is 6.92 Å². The van der Waals surface area contributed by atoms with E-state index in [1.54, 1.807) is 19.1 Å². The molecule has 2 rings (SSSR count). The van der Waals surface area contributed by atoms with Gasteiger partial charge in [-0.15, -0.1) is 0 Å². The lowest BCUT2D eigenvalue weighted by Gasteiger charge is -1.92. The Morgan fingerprint density at radius 3 is 2.71 bits per heavy atom. The molecular formula is C10H8O4. The Hall–Kier alpha value is -1.97. The first kappa shape index (κ1) is 8.62. The van der Waals surface area contributed by atoms with Gasteiger partial charge in [0, 0.05) is 5.56 Å². The molecule has 0 aliphatic rings. The normalized spacial score (nSPS) is 10.6. The smallest absolute Gasteiger partial charge is 0.372 e. The second kappa shape index (κ2) is 2.77. The lowest BCUT2D eigenvalue weighted by atomic mass is 10.1. The first-order valence-corrected chi connectivity index (χ1v) is 4.05. The minimum Gasteiger partial charge on any atom is -0.507 e. The van der Waals surface area contributed by atoms with Crippen molar-refractivity contribution in [2.75, 3.05) is 0 Å². The van der Waals surface area contributed by atoms with E-state index in [1.807, 2.05) is 0 Å². The first-order valence-electron chi connectivity index (χ1n) is 4.05. The highest BCUT2D eigenvalue weighted by atomic mass is 16.4. The minimum absolute atomic E-state index is 0.0382. The van der Waals surface area contributed by atoms with Gasteiger partial charge in [-0.05, 0) is 19.1 Å². The van der Waals surface area contributed by atoms with Gasteiger partial charge in [-0.2, -0.15) is 0 Å². The standard InChI is InChI=1S/C10H8O4/c1-5-8-6(11)3-2-4-7(8)14-9(5)10(12)13/h2-4,11H,1H3,(H,12,13). The van der Waals surface area contributed by atoms with Crippen LogP contribution in [0.4, 0.5) is 0 Å². The van der Waals surface area contributed by atoms with Gasteiger partial charge >= 0.3 is 5.97 Å². The third kappa shape index (κ3) is 1.04. The van der Waals surface area contributed by atoms with E-state index >= 15 is 0 Å². The third-order valence-corrected chi connectivity index (χ3v) is 2.13. The van der Waals surface area contributed by atoms with E-state index < -0.39 is 5.97 Å². The Morgan fingerprint density at radius 1 is 1.43 bits per heavy atom. The van der Waals surface area contributed by atoms with Gasteiger partial charge < -0.3 is 14.6 Å². The van der Waals surface area contributed by atoms with E-state index in [2.05, 4.69) is 0 Å². The monoisotopic (exact) mass is 192 g/mol. The molecule has 1 aromatic carbocycles. The van der Waals surface area contributed by atoms with E-state index in [0.717, 1.165) is 0 Å². The lowest BCUT2D eigenvalue weighted by molar-refractivity contribution is 0.0664. The van der Waals surface area contributed by atoms with Crippen molar-refractivity contribution in [2.24, 2.45) is 0 Å². The molecule has 0 fully saturated rings. The number of carboxylic acid groups (broad SMARTS) is 1.